The normalized spacial score (nSPS) is 11.4. The number of carbonyl (C=O) groups excluding carboxylic acids is 1. The number of rotatable bonds is 4. The fourth-order valence-corrected chi connectivity index (χ4v) is 1.47. The molecule has 0 N–H and O–H groups in total. The lowest BCUT2D eigenvalue weighted by atomic mass is 10.0. The molecule has 0 fully saturated rings. The molecule has 2 nitrogen and oxygen atoms in total. The van der Waals surface area contributed by atoms with E-state index in [-0.39, 0.29) is 23.5 Å². The maximum absolute atomic E-state index is 12.7. The van der Waals surface area contributed by atoms with Crippen molar-refractivity contribution in [3.8, 4) is 5.75 Å². The molecule has 1 aromatic carbocycles. The van der Waals surface area contributed by atoms with Gasteiger partial charge in [0.05, 0.1) is 12.7 Å². The van der Waals surface area contributed by atoms with Gasteiger partial charge in [-0.1, -0.05) is 6.92 Å². The Bertz CT molecular complexity index is 411. The topological polar surface area (TPSA) is 26.3 Å². The molecule has 94 valence electrons. The molecule has 0 unspecified atom stereocenters. The highest BCUT2D eigenvalue weighted by atomic mass is 19.4. The number of hydrogen-bond donors (Lipinski definition) is 0. The Morgan fingerprint density at radius 1 is 1.35 bits per heavy atom. The summed E-state index contributed by atoms with van der Waals surface area (Å²) in [5, 5.41) is 0. The van der Waals surface area contributed by atoms with Gasteiger partial charge < -0.3 is 4.74 Å². The van der Waals surface area contributed by atoms with Gasteiger partial charge in [0.1, 0.15) is 5.75 Å². The molecule has 0 saturated heterocycles. The summed E-state index contributed by atoms with van der Waals surface area (Å²) in [6.07, 6.45) is -3.68. The van der Waals surface area contributed by atoms with Crippen molar-refractivity contribution in [1.29, 1.82) is 0 Å². The summed E-state index contributed by atoms with van der Waals surface area (Å²) in [6.45, 7) is 1.80. The van der Waals surface area contributed by atoms with E-state index in [1.54, 1.807) is 6.92 Å². The Balaban J connectivity index is 3.18. The van der Waals surface area contributed by atoms with Gasteiger partial charge in [0.25, 0.3) is 0 Å². The zero-order valence-corrected chi connectivity index (χ0v) is 9.60. The number of benzene rings is 1. The minimum Gasteiger partial charge on any atom is -0.496 e. The van der Waals surface area contributed by atoms with Crippen molar-refractivity contribution in [3.63, 3.8) is 0 Å². The third-order valence-corrected chi connectivity index (χ3v) is 2.30. The molecule has 1 aromatic rings. The van der Waals surface area contributed by atoms with Crippen LogP contribution in [-0.2, 0) is 6.18 Å². The van der Waals surface area contributed by atoms with E-state index in [2.05, 4.69) is 4.74 Å². The first-order chi connectivity index (χ1) is 7.90. The van der Waals surface area contributed by atoms with Gasteiger partial charge in [-0.05, 0) is 24.6 Å². The summed E-state index contributed by atoms with van der Waals surface area (Å²) in [5.41, 5.74) is -0.845. The van der Waals surface area contributed by atoms with Gasteiger partial charge in [-0.15, -0.1) is 0 Å². The quantitative estimate of drug-likeness (QED) is 0.757. The van der Waals surface area contributed by atoms with Crippen LogP contribution in [0.2, 0.25) is 0 Å². The first kappa shape index (κ1) is 13.5. The third-order valence-electron chi connectivity index (χ3n) is 2.30. The molecule has 0 spiro atoms. The lowest BCUT2D eigenvalue weighted by Crippen LogP contribution is -2.09. The van der Waals surface area contributed by atoms with Crippen LogP contribution in [-0.4, -0.2) is 12.9 Å². The first-order valence-corrected chi connectivity index (χ1v) is 5.18. The molecule has 0 aliphatic carbocycles. The largest absolute Gasteiger partial charge is 0.496 e. The van der Waals surface area contributed by atoms with Crippen molar-refractivity contribution in [3.05, 3.63) is 29.3 Å². The highest BCUT2D eigenvalue weighted by Gasteiger charge is 2.34. The molecule has 0 saturated carbocycles. The highest BCUT2D eigenvalue weighted by Crippen LogP contribution is 2.36. The number of ether oxygens (including phenoxy) is 1. The van der Waals surface area contributed by atoms with Crippen LogP contribution < -0.4 is 4.74 Å². The number of carbonyl (C=O) groups is 1. The number of alkyl halides is 3. The molecule has 0 aliphatic heterocycles. The number of Topliss-reactive ketones (excluding diaryl/α,β-unsaturated/α-hetero) is 1. The van der Waals surface area contributed by atoms with Crippen molar-refractivity contribution in [2.24, 2.45) is 0 Å². The Morgan fingerprint density at radius 2 is 2.00 bits per heavy atom. The van der Waals surface area contributed by atoms with Crippen LogP contribution in [0.25, 0.3) is 0 Å². The van der Waals surface area contributed by atoms with Crippen molar-refractivity contribution >= 4 is 5.78 Å². The average Bonchev–Trinajstić information content (AvgIpc) is 2.27. The fraction of sp³-hybridized carbons (Fsp3) is 0.417. The first-order valence-electron chi connectivity index (χ1n) is 5.18. The van der Waals surface area contributed by atoms with Crippen LogP contribution in [0.4, 0.5) is 13.2 Å². The monoisotopic (exact) mass is 246 g/mol. The van der Waals surface area contributed by atoms with Crippen LogP contribution in [0.15, 0.2) is 18.2 Å². The fourth-order valence-electron chi connectivity index (χ4n) is 1.47. The summed E-state index contributed by atoms with van der Waals surface area (Å²) in [5.74, 6) is -0.564. The predicted octanol–water partition coefficient (Wildman–Crippen LogP) is 3.70. The van der Waals surface area contributed by atoms with Gasteiger partial charge in [-0.25, -0.2) is 0 Å². The summed E-state index contributed by atoms with van der Waals surface area (Å²) < 4.78 is 42.7. The minimum atomic E-state index is -4.52. The molecule has 0 bridgehead atoms. The predicted molar refractivity (Wildman–Crippen MR) is 57.2 cm³/mol. The summed E-state index contributed by atoms with van der Waals surface area (Å²) >= 11 is 0. The van der Waals surface area contributed by atoms with E-state index < -0.39 is 11.7 Å². The third kappa shape index (κ3) is 3.22. The second-order valence-corrected chi connectivity index (χ2v) is 3.59. The van der Waals surface area contributed by atoms with Crippen molar-refractivity contribution < 1.29 is 22.7 Å². The van der Waals surface area contributed by atoms with Crippen molar-refractivity contribution in [2.45, 2.75) is 25.9 Å². The van der Waals surface area contributed by atoms with E-state index in [0.29, 0.717) is 6.42 Å². The summed E-state index contributed by atoms with van der Waals surface area (Å²) in [4.78, 5) is 11.5. The molecule has 5 heteroatoms. The van der Waals surface area contributed by atoms with E-state index in [1.165, 1.54) is 12.1 Å². The molecular weight excluding hydrogens is 233 g/mol. The SMILES string of the molecule is CCCC(=O)c1ccc(OC)c(C(F)(F)F)c1. The van der Waals surface area contributed by atoms with Crippen LogP contribution in [0, 0.1) is 0 Å². The Morgan fingerprint density at radius 3 is 2.47 bits per heavy atom. The molecule has 0 amide bonds. The highest BCUT2D eigenvalue weighted by molar-refractivity contribution is 5.96. The van der Waals surface area contributed by atoms with E-state index in [9.17, 15) is 18.0 Å². The van der Waals surface area contributed by atoms with Gasteiger partial charge in [-0.2, -0.15) is 13.2 Å². The second kappa shape index (κ2) is 5.21. The van der Waals surface area contributed by atoms with E-state index >= 15 is 0 Å². The molecule has 1 rings (SSSR count). The van der Waals surface area contributed by atoms with Gasteiger partial charge in [-0.3, -0.25) is 4.79 Å². The number of ketones is 1. The maximum atomic E-state index is 12.7. The van der Waals surface area contributed by atoms with Gasteiger partial charge in [0.15, 0.2) is 5.78 Å². The molecule has 0 aliphatic rings. The Kier molecular flexibility index (Phi) is 4.15. The van der Waals surface area contributed by atoms with Crippen LogP contribution in [0.3, 0.4) is 0 Å². The van der Waals surface area contributed by atoms with E-state index in [1.807, 2.05) is 0 Å². The lowest BCUT2D eigenvalue weighted by Gasteiger charge is -2.12. The van der Waals surface area contributed by atoms with E-state index in [4.69, 9.17) is 0 Å². The van der Waals surface area contributed by atoms with Crippen LogP contribution in [0.5, 0.6) is 5.75 Å². The average molecular weight is 246 g/mol. The maximum Gasteiger partial charge on any atom is 0.419 e. The van der Waals surface area contributed by atoms with Crippen molar-refractivity contribution in [2.75, 3.05) is 7.11 Å². The lowest BCUT2D eigenvalue weighted by molar-refractivity contribution is -0.138. The van der Waals surface area contributed by atoms with Gasteiger partial charge in [0.2, 0.25) is 0 Å². The van der Waals surface area contributed by atoms with Crippen LogP contribution >= 0.6 is 0 Å². The summed E-state index contributed by atoms with van der Waals surface area (Å²) in [7, 11) is 1.16. The molecule has 0 aromatic heterocycles. The zero-order valence-electron chi connectivity index (χ0n) is 9.60. The van der Waals surface area contributed by atoms with Gasteiger partial charge >= 0.3 is 6.18 Å². The standard InChI is InChI=1S/C12H13F3O2/c1-3-4-10(16)8-5-6-11(17-2)9(7-8)12(13,14)15/h5-7H,3-4H2,1-2H3. The molecule has 0 atom stereocenters. The molecule has 0 heterocycles. The summed E-state index contributed by atoms with van der Waals surface area (Å²) in [6, 6.07) is 3.37. The molecule has 17 heavy (non-hydrogen) atoms. The Labute approximate surface area is 97.4 Å². The van der Waals surface area contributed by atoms with Gasteiger partial charge in [0, 0.05) is 12.0 Å². The zero-order chi connectivity index (χ0) is 13.1. The van der Waals surface area contributed by atoms with E-state index in [0.717, 1.165) is 13.2 Å². The van der Waals surface area contributed by atoms with Crippen molar-refractivity contribution in [1.82, 2.24) is 0 Å². The smallest absolute Gasteiger partial charge is 0.419 e. The number of halogens is 3. The second-order valence-electron chi connectivity index (χ2n) is 3.59. The molecular formula is C12H13F3O2. The molecule has 0 radical (unpaired) electrons. The minimum absolute atomic E-state index is 0.0694. The Hall–Kier alpha value is -1.52. The number of hydrogen-bond acceptors (Lipinski definition) is 2. The number of methoxy groups -OCH3 is 1. The van der Waals surface area contributed by atoms with Crippen LogP contribution in [0.1, 0.15) is 35.7 Å².